The van der Waals surface area contributed by atoms with Gasteiger partial charge in [0.15, 0.2) is 6.29 Å². The lowest BCUT2D eigenvalue weighted by Gasteiger charge is -2.52. The molecule has 1 N–H and O–H groups in total. The minimum absolute atomic E-state index is 0.162. The number of aldehydes is 1. The Morgan fingerprint density at radius 2 is 1.95 bits per heavy atom. The summed E-state index contributed by atoms with van der Waals surface area (Å²) < 4.78 is 28.4. The second-order valence-electron chi connectivity index (χ2n) is 7.06. The number of nitrogens with one attached hydrogen (secondary N) is 1. The number of halogens is 2. The van der Waals surface area contributed by atoms with Gasteiger partial charge in [-0.3, -0.25) is 4.79 Å². The molecular weight excluding hydrogens is 286 g/mol. The highest BCUT2D eigenvalue weighted by molar-refractivity contribution is 5.76. The summed E-state index contributed by atoms with van der Waals surface area (Å²) in [5.74, 6) is -1.18. The molecule has 0 bridgehead atoms. The topological polar surface area (TPSA) is 32.3 Å². The van der Waals surface area contributed by atoms with Crippen LogP contribution in [-0.4, -0.2) is 30.5 Å². The van der Waals surface area contributed by atoms with Crippen LogP contribution in [0.4, 0.5) is 14.5 Å². The molecule has 0 aromatic heterocycles. The fourth-order valence-electron chi connectivity index (χ4n) is 3.87. The second-order valence-corrected chi connectivity index (χ2v) is 7.06. The lowest BCUT2D eigenvalue weighted by Crippen LogP contribution is -2.67. The molecule has 1 saturated heterocycles. The quantitative estimate of drug-likeness (QED) is 0.851. The molecular formula is C17H22F2N2O. The third-order valence-electron chi connectivity index (χ3n) is 4.77. The van der Waals surface area contributed by atoms with Crippen LogP contribution >= 0.6 is 0 Å². The summed E-state index contributed by atoms with van der Waals surface area (Å²) >= 11 is 0. The predicted octanol–water partition coefficient (Wildman–Crippen LogP) is 3.28. The van der Waals surface area contributed by atoms with E-state index in [1.165, 1.54) is 12.5 Å². The van der Waals surface area contributed by atoms with Gasteiger partial charge in [-0.2, -0.15) is 0 Å². The lowest BCUT2D eigenvalue weighted by molar-refractivity contribution is 0.111. The molecule has 5 heteroatoms. The Morgan fingerprint density at radius 3 is 2.68 bits per heavy atom. The fourth-order valence-corrected chi connectivity index (χ4v) is 3.87. The highest BCUT2D eigenvalue weighted by atomic mass is 19.1. The molecule has 0 spiro atoms. The first-order chi connectivity index (χ1) is 10.4. The van der Waals surface area contributed by atoms with E-state index in [9.17, 15) is 13.6 Å². The molecule has 1 aliphatic carbocycles. The summed E-state index contributed by atoms with van der Waals surface area (Å²) in [4.78, 5) is 12.8. The van der Waals surface area contributed by atoms with E-state index in [2.05, 4.69) is 19.2 Å². The van der Waals surface area contributed by atoms with E-state index in [1.807, 2.05) is 4.90 Å². The van der Waals surface area contributed by atoms with Gasteiger partial charge in [-0.05, 0) is 32.8 Å². The largest absolute Gasteiger partial charge is 0.363 e. The zero-order valence-corrected chi connectivity index (χ0v) is 13.0. The van der Waals surface area contributed by atoms with Gasteiger partial charge in [0.2, 0.25) is 0 Å². The second kappa shape index (κ2) is 5.61. The van der Waals surface area contributed by atoms with Gasteiger partial charge in [-0.15, -0.1) is 0 Å². The van der Waals surface area contributed by atoms with Crippen LogP contribution in [0, 0.1) is 11.6 Å². The van der Waals surface area contributed by atoms with Crippen molar-refractivity contribution in [3.05, 3.63) is 29.3 Å². The van der Waals surface area contributed by atoms with Crippen molar-refractivity contribution in [2.45, 2.75) is 57.2 Å². The molecule has 120 valence electrons. The van der Waals surface area contributed by atoms with Crippen LogP contribution in [0.5, 0.6) is 0 Å². The molecule has 3 nitrogen and oxygen atoms in total. The lowest BCUT2D eigenvalue weighted by atomic mass is 9.83. The Hall–Kier alpha value is -1.49. The van der Waals surface area contributed by atoms with Gasteiger partial charge in [0.25, 0.3) is 0 Å². The maximum absolute atomic E-state index is 14.4. The van der Waals surface area contributed by atoms with Crippen molar-refractivity contribution in [1.82, 2.24) is 5.32 Å². The molecule has 1 saturated carbocycles. The molecule has 0 amide bonds. The van der Waals surface area contributed by atoms with Crippen LogP contribution < -0.4 is 10.2 Å². The molecule has 2 fully saturated rings. The van der Waals surface area contributed by atoms with E-state index < -0.39 is 11.6 Å². The summed E-state index contributed by atoms with van der Waals surface area (Å²) in [6.45, 7) is 4.78. The first-order valence-corrected chi connectivity index (χ1v) is 7.90. The maximum Gasteiger partial charge on any atom is 0.153 e. The van der Waals surface area contributed by atoms with Crippen LogP contribution in [0.15, 0.2) is 12.1 Å². The number of anilines is 1. The Labute approximate surface area is 129 Å². The van der Waals surface area contributed by atoms with E-state index in [0.717, 1.165) is 25.3 Å². The van der Waals surface area contributed by atoms with Crippen LogP contribution in [0.3, 0.4) is 0 Å². The van der Waals surface area contributed by atoms with Crippen molar-refractivity contribution >= 4 is 12.0 Å². The van der Waals surface area contributed by atoms with E-state index in [0.29, 0.717) is 18.9 Å². The zero-order valence-electron chi connectivity index (χ0n) is 13.0. The Morgan fingerprint density at radius 1 is 1.23 bits per heavy atom. The summed E-state index contributed by atoms with van der Waals surface area (Å²) in [5, 5.41) is 3.64. The fraction of sp³-hybridized carbons (Fsp3) is 0.588. The number of benzene rings is 1. The molecule has 1 aromatic carbocycles. The first kappa shape index (κ1) is 15.4. The van der Waals surface area contributed by atoms with Gasteiger partial charge in [-0.1, -0.05) is 12.8 Å². The smallest absolute Gasteiger partial charge is 0.153 e. The van der Waals surface area contributed by atoms with Gasteiger partial charge >= 0.3 is 0 Å². The average molecular weight is 308 g/mol. The number of carbonyl (C=O) groups excluding carboxylic acids is 1. The van der Waals surface area contributed by atoms with Gasteiger partial charge in [0, 0.05) is 30.2 Å². The van der Waals surface area contributed by atoms with Crippen molar-refractivity contribution in [1.29, 1.82) is 0 Å². The summed E-state index contributed by atoms with van der Waals surface area (Å²) in [6.07, 6.45) is 4.66. The van der Waals surface area contributed by atoms with E-state index in [4.69, 9.17) is 0 Å². The number of rotatable bonds is 2. The van der Waals surface area contributed by atoms with Gasteiger partial charge in [0.05, 0.1) is 11.3 Å². The normalized spacial score (nSPS) is 27.4. The highest BCUT2D eigenvalue weighted by Gasteiger charge is 2.41. The Balaban J connectivity index is 2.00. The van der Waals surface area contributed by atoms with Crippen LogP contribution in [0.2, 0.25) is 0 Å². The summed E-state index contributed by atoms with van der Waals surface area (Å²) in [5.41, 5.74) is -0.115. The number of hydrogen-bond acceptors (Lipinski definition) is 3. The van der Waals surface area contributed by atoms with Crippen molar-refractivity contribution in [3.63, 3.8) is 0 Å². The molecule has 0 unspecified atom stereocenters. The third kappa shape index (κ3) is 2.74. The summed E-state index contributed by atoms with van der Waals surface area (Å²) in [6, 6.07) is 2.65. The van der Waals surface area contributed by atoms with E-state index in [1.54, 1.807) is 0 Å². The monoisotopic (exact) mass is 308 g/mol. The molecule has 22 heavy (non-hydrogen) atoms. The van der Waals surface area contributed by atoms with Gasteiger partial charge in [0.1, 0.15) is 11.6 Å². The predicted molar refractivity (Wildman–Crippen MR) is 82.4 cm³/mol. The number of fused-ring (bicyclic) bond motifs is 1. The molecule has 3 rings (SSSR count). The average Bonchev–Trinajstić information content (AvgIpc) is 2.47. The maximum atomic E-state index is 14.4. The first-order valence-electron chi connectivity index (χ1n) is 7.90. The number of hydrogen-bond donors (Lipinski definition) is 1. The standard InChI is InChI=1S/C17H22F2N2O/c1-17(2)10-21(15-6-4-3-5-14(15)20-17)16-8-12(18)11(9-22)7-13(16)19/h7-9,14-15,20H,3-6,10H2,1-2H3/t14-,15+/m1/s1. The minimum atomic E-state index is -0.657. The number of carbonyl (C=O) groups is 1. The Kier molecular flexibility index (Phi) is 3.93. The minimum Gasteiger partial charge on any atom is -0.363 e. The van der Waals surface area contributed by atoms with E-state index in [-0.39, 0.29) is 22.8 Å². The van der Waals surface area contributed by atoms with Crippen LogP contribution in [0.1, 0.15) is 49.9 Å². The van der Waals surface area contributed by atoms with Crippen LogP contribution in [0.25, 0.3) is 0 Å². The molecule has 1 aromatic rings. The van der Waals surface area contributed by atoms with Gasteiger partial charge < -0.3 is 10.2 Å². The molecule has 2 atom stereocenters. The number of nitrogens with zero attached hydrogens (tertiary/aromatic N) is 1. The molecule has 1 heterocycles. The molecule has 1 aliphatic heterocycles. The Bertz CT molecular complexity index is 588. The SMILES string of the molecule is CC1(C)CN(c2cc(F)c(C=O)cc2F)[C@H]2CCCC[C@H]2N1. The highest BCUT2D eigenvalue weighted by Crippen LogP contribution is 2.35. The van der Waals surface area contributed by atoms with Crippen LogP contribution in [-0.2, 0) is 0 Å². The van der Waals surface area contributed by atoms with Crippen molar-refractivity contribution in [2.75, 3.05) is 11.4 Å². The van der Waals surface area contributed by atoms with Gasteiger partial charge in [-0.25, -0.2) is 8.78 Å². The van der Waals surface area contributed by atoms with Crippen molar-refractivity contribution in [2.24, 2.45) is 0 Å². The zero-order chi connectivity index (χ0) is 15.9. The molecule has 2 aliphatic rings. The third-order valence-corrected chi connectivity index (χ3v) is 4.77. The van der Waals surface area contributed by atoms with Crippen molar-refractivity contribution < 1.29 is 13.6 Å². The van der Waals surface area contributed by atoms with Crippen molar-refractivity contribution in [3.8, 4) is 0 Å². The number of piperazine rings is 1. The van der Waals surface area contributed by atoms with E-state index >= 15 is 0 Å². The summed E-state index contributed by atoms with van der Waals surface area (Å²) in [7, 11) is 0. The molecule has 0 radical (unpaired) electrons.